The second-order valence-electron chi connectivity index (χ2n) is 6.12. The standard InChI is InChI=1S/C16H32O7/c17-9-7-5-3-1-2-4-6-8-10-22-16-15(21)14(20)13(19)12(11-18)23-16/h12-21H,1-11H2/t12-,13-,14+,15-,16?/m1/s1. The van der Waals surface area contributed by atoms with E-state index in [1.807, 2.05) is 0 Å². The summed E-state index contributed by atoms with van der Waals surface area (Å²) in [5.74, 6) is 0. The maximum atomic E-state index is 9.81. The second-order valence-corrected chi connectivity index (χ2v) is 6.12. The molecule has 5 N–H and O–H groups in total. The van der Waals surface area contributed by atoms with E-state index in [1.54, 1.807) is 0 Å². The first kappa shape index (κ1) is 20.8. The van der Waals surface area contributed by atoms with Gasteiger partial charge in [0.05, 0.1) is 6.61 Å². The Labute approximate surface area is 137 Å². The van der Waals surface area contributed by atoms with Crippen molar-refractivity contribution >= 4 is 0 Å². The van der Waals surface area contributed by atoms with Crippen LogP contribution in [0.3, 0.4) is 0 Å². The molecule has 1 rings (SSSR count). The number of aliphatic hydroxyl groups is 5. The third kappa shape index (κ3) is 7.43. The highest BCUT2D eigenvalue weighted by molar-refractivity contribution is 4.88. The van der Waals surface area contributed by atoms with E-state index in [9.17, 15) is 15.3 Å². The minimum Gasteiger partial charge on any atom is -0.396 e. The molecule has 0 aromatic heterocycles. The second kappa shape index (κ2) is 12.1. The summed E-state index contributed by atoms with van der Waals surface area (Å²) < 4.78 is 10.7. The normalized spacial score (nSPS) is 31.4. The zero-order valence-electron chi connectivity index (χ0n) is 13.7. The molecular formula is C16H32O7. The van der Waals surface area contributed by atoms with Crippen LogP contribution in [0.25, 0.3) is 0 Å². The molecule has 1 saturated heterocycles. The number of hydrogen-bond donors (Lipinski definition) is 5. The summed E-state index contributed by atoms with van der Waals surface area (Å²) in [6.07, 6.45) is 2.40. The predicted molar refractivity (Wildman–Crippen MR) is 83.7 cm³/mol. The minimum atomic E-state index is -1.38. The molecule has 7 heteroatoms. The summed E-state index contributed by atoms with van der Waals surface area (Å²) in [5.41, 5.74) is 0. The monoisotopic (exact) mass is 336 g/mol. The van der Waals surface area contributed by atoms with Gasteiger partial charge in [-0.1, -0.05) is 38.5 Å². The van der Waals surface area contributed by atoms with Crippen LogP contribution in [0.2, 0.25) is 0 Å². The van der Waals surface area contributed by atoms with Gasteiger partial charge in [0.25, 0.3) is 0 Å². The first-order valence-electron chi connectivity index (χ1n) is 8.64. The molecule has 0 amide bonds. The largest absolute Gasteiger partial charge is 0.396 e. The van der Waals surface area contributed by atoms with Gasteiger partial charge in [-0.2, -0.15) is 0 Å². The van der Waals surface area contributed by atoms with Gasteiger partial charge in [0.15, 0.2) is 6.29 Å². The number of unbranched alkanes of at least 4 members (excludes halogenated alkanes) is 7. The average Bonchev–Trinajstić information content (AvgIpc) is 2.56. The zero-order valence-corrected chi connectivity index (χ0v) is 13.7. The molecule has 0 aromatic carbocycles. The molecule has 1 unspecified atom stereocenters. The topological polar surface area (TPSA) is 120 Å². The summed E-state index contributed by atoms with van der Waals surface area (Å²) in [4.78, 5) is 0. The van der Waals surface area contributed by atoms with E-state index < -0.39 is 37.3 Å². The molecular weight excluding hydrogens is 304 g/mol. The van der Waals surface area contributed by atoms with Crippen molar-refractivity contribution in [2.24, 2.45) is 0 Å². The van der Waals surface area contributed by atoms with Crippen LogP contribution in [0.1, 0.15) is 51.4 Å². The van der Waals surface area contributed by atoms with Crippen LogP contribution in [0.4, 0.5) is 0 Å². The van der Waals surface area contributed by atoms with Gasteiger partial charge in [-0.3, -0.25) is 0 Å². The Morgan fingerprint density at radius 1 is 0.696 bits per heavy atom. The Morgan fingerprint density at radius 3 is 1.83 bits per heavy atom. The lowest BCUT2D eigenvalue weighted by Gasteiger charge is -2.39. The first-order valence-corrected chi connectivity index (χ1v) is 8.64. The van der Waals surface area contributed by atoms with E-state index in [2.05, 4.69) is 0 Å². The van der Waals surface area contributed by atoms with Crippen molar-refractivity contribution in [2.45, 2.75) is 82.1 Å². The highest BCUT2D eigenvalue weighted by Crippen LogP contribution is 2.22. The molecule has 0 bridgehead atoms. The molecule has 0 aliphatic carbocycles. The summed E-state index contributed by atoms with van der Waals surface area (Å²) in [6.45, 7) is 0.226. The molecule has 23 heavy (non-hydrogen) atoms. The summed E-state index contributed by atoms with van der Waals surface area (Å²) in [5, 5.41) is 46.9. The summed E-state index contributed by atoms with van der Waals surface area (Å²) >= 11 is 0. The number of hydrogen-bond acceptors (Lipinski definition) is 7. The van der Waals surface area contributed by atoms with Crippen molar-refractivity contribution in [3.63, 3.8) is 0 Å². The van der Waals surface area contributed by atoms with Gasteiger partial charge < -0.3 is 35.0 Å². The first-order chi connectivity index (χ1) is 11.1. The highest BCUT2D eigenvalue weighted by atomic mass is 16.7. The summed E-state index contributed by atoms with van der Waals surface area (Å²) in [7, 11) is 0. The average molecular weight is 336 g/mol. The maximum Gasteiger partial charge on any atom is 0.186 e. The zero-order chi connectivity index (χ0) is 17.1. The lowest BCUT2D eigenvalue weighted by Crippen LogP contribution is -2.59. The van der Waals surface area contributed by atoms with Crippen LogP contribution in [0.5, 0.6) is 0 Å². The van der Waals surface area contributed by atoms with Crippen LogP contribution >= 0.6 is 0 Å². The number of ether oxygens (including phenoxy) is 2. The lowest BCUT2D eigenvalue weighted by atomic mass is 9.99. The van der Waals surface area contributed by atoms with Gasteiger partial charge in [-0.25, -0.2) is 0 Å². The Hall–Kier alpha value is -0.280. The molecule has 1 fully saturated rings. The van der Waals surface area contributed by atoms with Crippen LogP contribution in [0, 0.1) is 0 Å². The molecule has 138 valence electrons. The van der Waals surface area contributed by atoms with Gasteiger partial charge in [0.1, 0.15) is 24.4 Å². The molecule has 5 atom stereocenters. The maximum absolute atomic E-state index is 9.81. The highest BCUT2D eigenvalue weighted by Gasteiger charge is 2.43. The fourth-order valence-corrected chi connectivity index (χ4v) is 2.68. The lowest BCUT2D eigenvalue weighted by molar-refractivity contribution is -0.301. The molecule has 1 aliphatic rings. The van der Waals surface area contributed by atoms with E-state index in [1.165, 1.54) is 6.42 Å². The molecule has 0 aromatic rings. The Morgan fingerprint density at radius 2 is 1.26 bits per heavy atom. The molecule has 7 nitrogen and oxygen atoms in total. The van der Waals surface area contributed by atoms with E-state index >= 15 is 0 Å². The Bertz CT molecular complexity index is 288. The van der Waals surface area contributed by atoms with Gasteiger partial charge in [-0.15, -0.1) is 0 Å². The predicted octanol–water partition coefficient (Wildman–Crippen LogP) is -0.0840. The van der Waals surface area contributed by atoms with Gasteiger partial charge in [-0.05, 0) is 12.8 Å². The smallest absolute Gasteiger partial charge is 0.186 e. The fraction of sp³-hybridized carbons (Fsp3) is 1.00. The van der Waals surface area contributed by atoms with Crippen molar-refractivity contribution in [1.29, 1.82) is 0 Å². The van der Waals surface area contributed by atoms with Crippen molar-refractivity contribution in [1.82, 2.24) is 0 Å². The van der Waals surface area contributed by atoms with Crippen molar-refractivity contribution < 1.29 is 35.0 Å². The molecule has 1 aliphatic heterocycles. The van der Waals surface area contributed by atoms with Gasteiger partial charge in [0, 0.05) is 13.2 Å². The molecule has 0 spiro atoms. The van der Waals surface area contributed by atoms with Gasteiger partial charge in [0.2, 0.25) is 0 Å². The fourth-order valence-electron chi connectivity index (χ4n) is 2.68. The quantitative estimate of drug-likeness (QED) is 0.316. The molecule has 0 radical (unpaired) electrons. The van der Waals surface area contributed by atoms with Crippen molar-refractivity contribution in [3.8, 4) is 0 Å². The van der Waals surface area contributed by atoms with E-state index in [4.69, 9.17) is 19.7 Å². The van der Waals surface area contributed by atoms with Gasteiger partial charge >= 0.3 is 0 Å². The third-order valence-corrected chi connectivity index (χ3v) is 4.18. The van der Waals surface area contributed by atoms with E-state index in [0.717, 1.165) is 44.9 Å². The number of aliphatic hydroxyl groups excluding tert-OH is 5. The SMILES string of the molecule is OCCCCCCCCCCOC1O[C@H](CO)[C@@H](O)[C@H](O)[C@H]1O. The van der Waals surface area contributed by atoms with Crippen LogP contribution in [-0.4, -0.2) is 76.1 Å². The van der Waals surface area contributed by atoms with E-state index in [-0.39, 0.29) is 6.61 Å². The number of rotatable bonds is 12. The van der Waals surface area contributed by atoms with E-state index in [0.29, 0.717) is 6.61 Å². The van der Waals surface area contributed by atoms with Crippen LogP contribution in [-0.2, 0) is 9.47 Å². The third-order valence-electron chi connectivity index (χ3n) is 4.18. The molecule has 0 saturated carbocycles. The Kier molecular flexibility index (Phi) is 11.0. The molecule has 1 heterocycles. The summed E-state index contributed by atoms with van der Waals surface area (Å²) in [6, 6.07) is 0. The van der Waals surface area contributed by atoms with Crippen molar-refractivity contribution in [3.05, 3.63) is 0 Å². The van der Waals surface area contributed by atoms with Crippen LogP contribution in [0.15, 0.2) is 0 Å². The van der Waals surface area contributed by atoms with Crippen LogP contribution < -0.4 is 0 Å². The Balaban J connectivity index is 2.06. The minimum absolute atomic E-state index is 0.273. The van der Waals surface area contributed by atoms with Crippen molar-refractivity contribution in [2.75, 3.05) is 19.8 Å².